The Morgan fingerprint density at radius 1 is 1.10 bits per heavy atom. The lowest BCUT2D eigenvalue weighted by atomic mass is 9.91. The van der Waals surface area contributed by atoms with E-state index in [4.69, 9.17) is 4.74 Å². The van der Waals surface area contributed by atoms with Crippen LogP contribution in [0.5, 0.6) is 0 Å². The summed E-state index contributed by atoms with van der Waals surface area (Å²) in [5.74, 6) is -0.537. The van der Waals surface area contributed by atoms with Crippen LogP contribution in [-0.4, -0.2) is 17.0 Å². The van der Waals surface area contributed by atoms with Crippen molar-refractivity contribution >= 4 is 5.91 Å². The van der Waals surface area contributed by atoms with Crippen LogP contribution in [0.25, 0.3) is 11.1 Å². The molecule has 0 saturated heterocycles. The fourth-order valence-corrected chi connectivity index (χ4v) is 3.92. The van der Waals surface area contributed by atoms with Crippen molar-refractivity contribution in [2.75, 3.05) is 6.54 Å². The number of carbonyl (C=O) groups excluding carboxylic acids is 1. The second-order valence-corrected chi connectivity index (χ2v) is 7.40. The van der Waals surface area contributed by atoms with Gasteiger partial charge in [-0.25, -0.2) is 4.39 Å². The zero-order valence-electron chi connectivity index (χ0n) is 16.9. The Morgan fingerprint density at radius 3 is 2.60 bits per heavy atom. The number of pyridine rings is 1. The molecule has 0 unspecified atom stereocenters. The summed E-state index contributed by atoms with van der Waals surface area (Å²) in [6.07, 6.45) is 0.564. The monoisotopic (exact) mass is 406 g/mol. The number of carbonyl (C=O) groups is 1. The van der Waals surface area contributed by atoms with E-state index in [0.29, 0.717) is 17.7 Å². The fourth-order valence-electron chi connectivity index (χ4n) is 3.92. The molecule has 2 heterocycles. The van der Waals surface area contributed by atoms with Crippen LogP contribution in [-0.2, 0) is 16.6 Å². The molecule has 0 fully saturated rings. The fraction of sp³-hybridized carbons (Fsp3) is 0.250. The standard InChI is InChI=1S/C24H23FN2O3/c1-3-26-22(28)13-21-18-12-23(29)27(2)14-20(18)17-10-9-16(25)11-19(17)24(30-21)15-7-5-4-6-8-15/h4-12,14,21,24H,3,13H2,1-2H3,(H,26,28)/t21-,24+/m0/s1. The van der Waals surface area contributed by atoms with E-state index in [1.807, 2.05) is 37.3 Å². The lowest BCUT2D eigenvalue weighted by molar-refractivity contribution is -0.124. The zero-order chi connectivity index (χ0) is 21.3. The van der Waals surface area contributed by atoms with E-state index >= 15 is 0 Å². The summed E-state index contributed by atoms with van der Waals surface area (Å²) in [7, 11) is 1.67. The van der Waals surface area contributed by atoms with Gasteiger partial charge in [-0.3, -0.25) is 9.59 Å². The molecule has 154 valence electrons. The third kappa shape index (κ3) is 3.78. The molecule has 4 rings (SSSR count). The molecule has 1 amide bonds. The molecule has 1 N–H and O–H groups in total. The number of fused-ring (bicyclic) bond motifs is 3. The summed E-state index contributed by atoms with van der Waals surface area (Å²) in [6, 6.07) is 15.6. The summed E-state index contributed by atoms with van der Waals surface area (Å²) >= 11 is 0. The third-order valence-corrected chi connectivity index (χ3v) is 5.34. The van der Waals surface area contributed by atoms with Gasteiger partial charge in [-0.15, -0.1) is 0 Å². The maximum atomic E-state index is 14.3. The van der Waals surface area contributed by atoms with E-state index in [-0.39, 0.29) is 23.7 Å². The molecule has 0 radical (unpaired) electrons. The van der Waals surface area contributed by atoms with Gasteiger partial charge in [0.15, 0.2) is 0 Å². The summed E-state index contributed by atoms with van der Waals surface area (Å²) < 4.78 is 22.2. The number of ether oxygens (including phenoxy) is 1. The van der Waals surface area contributed by atoms with Gasteiger partial charge in [0.1, 0.15) is 11.9 Å². The van der Waals surface area contributed by atoms with E-state index < -0.39 is 12.2 Å². The topological polar surface area (TPSA) is 60.3 Å². The number of hydrogen-bond donors (Lipinski definition) is 1. The Kier molecular flexibility index (Phi) is 5.50. The van der Waals surface area contributed by atoms with Crippen LogP contribution in [0.4, 0.5) is 4.39 Å². The van der Waals surface area contributed by atoms with Gasteiger partial charge in [0.05, 0.1) is 12.5 Å². The predicted molar refractivity (Wildman–Crippen MR) is 112 cm³/mol. The molecule has 6 heteroatoms. The lowest BCUT2D eigenvalue weighted by Crippen LogP contribution is -2.26. The highest BCUT2D eigenvalue weighted by molar-refractivity contribution is 5.78. The highest BCUT2D eigenvalue weighted by Crippen LogP contribution is 2.44. The van der Waals surface area contributed by atoms with Crippen LogP contribution in [0.3, 0.4) is 0 Å². The minimum absolute atomic E-state index is 0.0633. The van der Waals surface area contributed by atoms with Gasteiger partial charge in [0.2, 0.25) is 5.91 Å². The highest BCUT2D eigenvalue weighted by atomic mass is 19.1. The first-order chi connectivity index (χ1) is 14.5. The minimum Gasteiger partial charge on any atom is -0.360 e. The molecule has 3 aromatic rings. The van der Waals surface area contributed by atoms with Crippen LogP contribution in [0, 0.1) is 5.82 Å². The molecular formula is C24H23FN2O3. The first kappa shape index (κ1) is 20.0. The molecule has 2 aromatic carbocycles. The van der Waals surface area contributed by atoms with Crippen LogP contribution < -0.4 is 10.9 Å². The molecule has 0 aliphatic carbocycles. The lowest BCUT2D eigenvalue weighted by Gasteiger charge is -2.24. The van der Waals surface area contributed by atoms with Crippen LogP contribution >= 0.6 is 0 Å². The molecule has 1 aliphatic heterocycles. The van der Waals surface area contributed by atoms with E-state index in [2.05, 4.69) is 5.32 Å². The molecule has 30 heavy (non-hydrogen) atoms. The van der Waals surface area contributed by atoms with Crippen molar-refractivity contribution < 1.29 is 13.9 Å². The van der Waals surface area contributed by atoms with Gasteiger partial charge in [-0.1, -0.05) is 36.4 Å². The normalized spacial score (nSPS) is 17.6. The number of amides is 1. The molecule has 0 saturated carbocycles. The van der Waals surface area contributed by atoms with E-state index in [9.17, 15) is 14.0 Å². The van der Waals surface area contributed by atoms with E-state index in [0.717, 1.165) is 16.7 Å². The summed E-state index contributed by atoms with van der Waals surface area (Å²) in [5, 5.41) is 2.79. The Balaban J connectivity index is 1.94. The van der Waals surface area contributed by atoms with Gasteiger partial charge in [-0.2, -0.15) is 0 Å². The molecule has 1 aliphatic rings. The van der Waals surface area contributed by atoms with Gasteiger partial charge in [0, 0.05) is 31.4 Å². The smallest absolute Gasteiger partial charge is 0.250 e. The SMILES string of the molecule is CCNC(=O)C[C@@H]1O[C@H](c2ccccc2)c2cc(F)ccc2-c2cn(C)c(=O)cc21. The number of aromatic nitrogens is 1. The van der Waals surface area contributed by atoms with Crippen molar-refractivity contribution in [1.82, 2.24) is 9.88 Å². The molecule has 0 bridgehead atoms. The zero-order valence-corrected chi connectivity index (χ0v) is 16.9. The van der Waals surface area contributed by atoms with Crippen molar-refractivity contribution in [2.45, 2.75) is 25.6 Å². The Bertz CT molecular complexity index is 1140. The second-order valence-electron chi connectivity index (χ2n) is 7.40. The third-order valence-electron chi connectivity index (χ3n) is 5.34. The van der Waals surface area contributed by atoms with E-state index in [1.165, 1.54) is 22.8 Å². The van der Waals surface area contributed by atoms with Gasteiger partial charge in [-0.05, 0) is 41.3 Å². The van der Waals surface area contributed by atoms with Gasteiger partial charge >= 0.3 is 0 Å². The molecule has 2 atom stereocenters. The maximum absolute atomic E-state index is 14.3. The molecule has 1 aromatic heterocycles. The molecular weight excluding hydrogens is 383 g/mol. The maximum Gasteiger partial charge on any atom is 0.250 e. The minimum atomic E-state index is -0.652. The van der Waals surface area contributed by atoms with Crippen LogP contribution in [0.1, 0.15) is 42.2 Å². The first-order valence-electron chi connectivity index (χ1n) is 9.95. The van der Waals surface area contributed by atoms with Crippen molar-refractivity contribution in [3.8, 4) is 11.1 Å². The average Bonchev–Trinajstić information content (AvgIpc) is 2.84. The van der Waals surface area contributed by atoms with Crippen molar-refractivity contribution in [2.24, 2.45) is 7.05 Å². The van der Waals surface area contributed by atoms with Crippen LogP contribution in [0.15, 0.2) is 65.6 Å². The summed E-state index contributed by atoms with van der Waals surface area (Å²) in [4.78, 5) is 24.8. The number of aryl methyl sites for hydroxylation is 1. The summed E-state index contributed by atoms with van der Waals surface area (Å²) in [6.45, 7) is 2.35. The largest absolute Gasteiger partial charge is 0.360 e. The Hall–Kier alpha value is -3.25. The first-order valence-corrected chi connectivity index (χ1v) is 9.95. The second kappa shape index (κ2) is 8.24. The average molecular weight is 406 g/mol. The molecule has 5 nitrogen and oxygen atoms in total. The van der Waals surface area contributed by atoms with E-state index in [1.54, 1.807) is 19.3 Å². The van der Waals surface area contributed by atoms with Gasteiger partial charge < -0.3 is 14.6 Å². The predicted octanol–water partition coefficient (Wildman–Crippen LogP) is 3.88. The molecule has 0 spiro atoms. The quantitative estimate of drug-likeness (QED) is 0.715. The number of nitrogens with zero attached hydrogens (tertiary/aromatic N) is 1. The Labute approximate surface area is 174 Å². The van der Waals surface area contributed by atoms with Crippen molar-refractivity contribution in [1.29, 1.82) is 0 Å². The number of benzene rings is 2. The number of halogens is 1. The number of rotatable bonds is 4. The van der Waals surface area contributed by atoms with Gasteiger partial charge in [0.25, 0.3) is 5.56 Å². The summed E-state index contributed by atoms with van der Waals surface area (Å²) in [5.41, 5.74) is 3.51. The number of nitrogens with one attached hydrogen (secondary N) is 1. The Morgan fingerprint density at radius 2 is 1.87 bits per heavy atom. The van der Waals surface area contributed by atoms with Crippen molar-refractivity contribution in [3.63, 3.8) is 0 Å². The highest BCUT2D eigenvalue weighted by Gasteiger charge is 2.32. The van der Waals surface area contributed by atoms with Crippen molar-refractivity contribution in [3.05, 3.63) is 93.7 Å². The van der Waals surface area contributed by atoms with Crippen LogP contribution in [0.2, 0.25) is 0 Å². The number of hydrogen-bond acceptors (Lipinski definition) is 3.